The molecular formula is C18H13F3N4O4. The molecule has 1 amide bonds. The number of amides is 1. The highest BCUT2D eigenvalue weighted by Gasteiger charge is 2.36. The SMILES string of the molecule is NC(=O)O[C@H]1Cn2c(nc3cc([N+](=O)[O-])ccc32)C[C@@H]1c1cc(F)c(F)cc1F. The summed E-state index contributed by atoms with van der Waals surface area (Å²) in [5, 5.41) is 11.0. The van der Waals surface area contributed by atoms with Crippen LogP contribution in [-0.2, 0) is 17.7 Å². The van der Waals surface area contributed by atoms with Gasteiger partial charge in [0.25, 0.3) is 5.69 Å². The Morgan fingerprint density at radius 2 is 1.93 bits per heavy atom. The zero-order valence-corrected chi connectivity index (χ0v) is 14.6. The van der Waals surface area contributed by atoms with Gasteiger partial charge in [0.05, 0.1) is 22.5 Å². The first-order valence-corrected chi connectivity index (χ1v) is 8.48. The molecule has 1 aliphatic heterocycles. The smallest absolute Gasteiger partial charge is 0.404 e. The summed E-state index contributed by atoms with van der Waals surface area (Å²) in [6, 6.07) is 5.24. The van der Waals surface area contributed by atoms with E-state index in [1.165, 1.54) is 18.2 Å². The highest BCUT2D eigenvalue weighted by molar-refractivity contribution is 5.79. The Balaban J connectivity index is 1.82. The molecule has 4 rings (SSSR count). The van der Waals surface area contributed by atoms with Crippen molar-refractivity contribution in [1.82, 2.24) is 9.55 Å². The van der Waals surface area contributed by atoms with Crippen molar-refractivity contribution in [3.05, 3.63) is 69.3 Å². The molecule has 8 nitrogen and oxygen atoms in total. The quantitative estimate of drug-likeness (QED) is 0.408. The largest absolute Gasteiger partial charge is 0.444 e. The number of primary amides is 1. The average molecular weight is 406 g/mol. The van der Waals surface area contributed by atoms with Crippen LogP contribution in [0.5, 0.6) is 0 Å². The molecule has 29 heavy (non-hydrogen) atoms. The summed E-state index contributed by atoms with van der Waals surface area (Å²) in [6.07, 6.45) is -2.07. The predicted octanol–water partition coefficient (Wildman–Crippen LogP) is 3.17. The van der Waals surface area contributed by atoms with Gasteiger partial charge in [0, 0.05) is 30.5 Å². The molecule has 0 radical (unpaired) electrons. The van der Waals surface area contributed by atoms with Crippen LogP contribution in [0.1, 0.15) is 17.3 Å². The van der Waals surface area contributed by atoms with Crippen molar-refractivity contribution in [2.45, 2.75) is 25.0 Å². The van der Waals surface area contributed by atoms with Crippen LogP contribution in [0.2, 0.25) is 0 Å². The van der Waals surface area contributed by atoms with Gasteiger partial charge in [0.2, 0.25) is 0 Å². The van der Waals surface area contributed by atoms with Gasteiger partial charge in [0.15, 0.2) is 11.6 Å². The van der Waals surface area contributed by atoms with Crippen LogP contribution in [0, 0.1) is 27.6 Å². The third-order valence-corrected chi connectivity index (χ3v) is 4.94. The second-order valence-electron chi connectivity index (χ2n) is 6.64. The lowest BCUT2D eigenvalue weighted by Crippen LogP contribution is -2.38. The molecule has 2 N–H and O–H groups in total. The molecule has 0 aliphatic carbocycles. The monoisotopic (exact) mass is 406 g/mol. The Bertz CT molecular complexity index is 1160. The van der Waals surface area contributed by atoms with Crippen LogP contribution >= 0.6 is 0 Å². The summed E-state index contributed by atoms with van der Waals surface area (Å²) in [5.41, 5.74) is 5.68. The summed E-state index contributed by atoms with van der Waals surface area (Å²) in [7, 11) is 0. The number of hydrogen-bond donors (Lipinski definition) is 1. The first-order valence-electron chi connectivity index (χ1n) is 8.48. The molecule has 2 atom stereocenters. The van der Waals surface area contributed by atoms with E-state index in [-0.39, 0.29) is 24.2 Å². The molecule has 2 heterocycles. The van der Waals surface area contributed by atoms with Crippen LogP contribution in [0.15, 0.2) is 30.3 Å². The lowest BCUT2D eigenvalue weighted by atomic mass is 9.87. The molecule has 0 fully saturated rings. The first-order chi connectivity index (χ1) is 13.7. The van der Waals surface area contributed by atoms with Crippen molar-refractivity contribution >= 4 is 22.8 Å². The van der Waals surface area contributed by atoms with Crippen molar-refractivity contribution in [3.8, 4) is 0 Å². The van der Waals surface area contributed by atoms with E-state index in [2.05, 4.69) is 4.98 Å². The molecule has 0 bridgehead atoms. The van der Waals surface area contributed by atoms with E-state index in [1.807, 2.05) is 0 Å². The number of nitro benzene ring substituents is 1. The second-order valence-corrected chi connectivity index (χ2v) is 6.64. The molecule has 1 aromatic heterocycles. The number of halogens is 3. The molecule has 2 aromatic carbocycles. The van der Waals surface area contributed by atoms with Crippen molar-refractivity contribution in [1.29, 1.82) is 0 Å². The van der Waals surface area contributed by atoms with E-state index in [9.17, 15) is 28.1 Å². The number of benzene rings is 2. The van der Waals surface area contributed by atoms with Gasteiger partial charge in [-0.1, -0.05) is 0 Å². The zero-order valence-electron chi connectivity index (χ0n) is 14.6. The van der Waals surface area contributed by atoms with Crippen LogP contribution in [-0.4, -0.2) is 26.7 Å². The number of aromatic nitrogens is 2. The maximum atomic E-state index is 14.4. The Labute approximate surface area is 160 Å². The Morgan fingerprint density at radius 1 is 1.21 bits per heavy atom. The highest BCUT2D eigenvalue weighted by atomic mass is 19.2. The van der Waals surface area contributed by atoms with E-state index in [1.54, 1.807) is 4.57 Å². The van der Waals surface area contributed by atoms with Gasteiger partial charge < -0.3 is 15.0 Å². The Kier molecular flexibility index (Phi) is 4.36. The average Bonchev–Trinajstić information content (AvgIpc) is 3.00. The molecule has 3 aromatic rings. The molecule has 0 saturated heterocycles. The zero-order chi connectivity index (χ0) is 20.9. The Morgan fingerprint density at radius 3 is 2.62 bits per heavy atom. The minimum Gasteiger partial charge on any atom is -0.444 e. The number of nitrogens with zero attached hydrogens (tertiary/aromatic N) is 3. The van der Waals surface area contributed by atoms with Gasteiger partial charge >= 0.3 is 6.09 Å². The van der Waals surface area contributed by atoms with Gasteiger partial charge in [0.1, 0.15) is 17.7 Å². The number of hydrogen-bond acceptors (Lipinski definition) is 5. The normalized spacial score (nSPS) is 18.4. The van der Waals surface area contributed by atoms with E-state index in [0.29, 0.717) is 22.9 Å². The molecule has 0 saturated carbocycles. The first kappa shape index (κ1) is 18.7. The summed E-state index contributed by atoms with van der Waals surface area (Å²) < 4.78 is 48.2. The molecule has 0 unspecified atom stereocenters. The number of nitro groups is 1. The third-order valence-electron chi connectivity index (χ3n) is 4.94. The summed E-state index contributed by atoms with van der Waals surface area (Å²) in [5.74, 6) is -4.02. The number of imidazole rings is 1. The number of nitrogens with two attached hydrogens (primary N) is 1. The van der Waals surface area contributed by atoms with Crippen LogP contribution < -0.4 is 5.73 Å². The topological polar surface area (TPSA) is 113 Å². The van der Waals surface area contributed by atoms with E-state index < -0.39 is 40.5 Å². The third kappa shape index (κ3) is 3.24. The number of non-ortho nitro benzene ring substituents is 1. The predicted molar refractivity (Wildman–Crippen MR) is 93.6 cm³/mol. The summed E-state index contributed by atoms with van der Waals surface area (Å²) in [4.78, 5) is 26.1. The number of fused-ring (bicyclic) bond motifs is 3. The van der Waals surface area contributed by atoms with Gasteiger partial charge in [-0.3, -0.25) is 10.1 Å². The lowest BCUT2D eigenvalue weighted by Gasteiger charge is -2.32. The summed E-state index contributed by atoms with van der Waals surface area (Å²) in [6.45, 7) is 0.00961. The molecule has 11 heteroatoms. The second kappa shape index (κ2) is 6.76. The highest BCUT2D eigenvalue weighted by Crippen LogP contribution is 2.36. The van der Waals surface area contributed by atoms with Crippen LogP contribution in [0.4, 0.5) is 23.7 Å². The fraction of sp³-hybridized carbons (Fsp3) is 0.222. The van der Waals surface area contributed by atoms with Crippen molar-refractivity contribution in [3.63, 3.8) is 0 Å². The fourth-order valence-electron chi connectivity index (χ4n) is 3.68. The van der Waals surface area contributed by atoms with Crippen LogP contribution in [0.25, 0.3) is 11.0 Å². The maximum Gasteiger partial charge on any atom is 0.404 e. The number of carbonyl (C=O) groups excluding carboxylic acids is 1. The molecule has 150 valence electrons. The van der Waals surface area contributed by atoms with E-state index >= 15 is 0 Å². The van der Waals surface area contributed by atoms with Crippen molar-refractivity contribution < 1.29 is 27.6 Å². The minimum absolute atomic E-state index is 0.00961. The Hall–Kier alpha value is -3.63. The minimum atomic E-state index is -1.34. The number of ether oxygens (including phenoxy) is 1. The van der Waals surface area contributed by atoms with Gasteiger partial charge in [-0.05, 0) is 17.7 Å². The van der Waals surface area contributed by atoms with E-state index in [4.69, 9.17) is 10.5 Å². The lowest BCUT2D eigenvalue weighted by molar-refractivity contribution is -0.384. The molecular weight excluding hydrogens is 393 g/mol. The van der Waals surface area contributed by atoms with Gasteiger partial charge in [-0.2, -0.15) is 0 Å². The maximum absolute atomic E-state index is 14.4. The fourth-order valence-corrected chi connectivity index (χ4v) is 3.68. The molecule has 1 aliphatic rings. The van der Waals surface area contributed by atoms with E-state index in [0.717, 1.165) is 6.07 Å². The van der Waals surface area contributed by atoms with Gasteiger partial charge in [-0.25, -0.2) is 22.9 Å². The summed E-state index contributed by atoms with van der Waals surface area (Å²) >= 11 is 0. The molecule has 0 spiro atoms. The van der Waals surface area contributed by atoms with Crippen molar-refractivity contribution in [2.75, 3.05) is 0 Å². The standard InChI is InChI=1S/C18H13F3N4O4/c19-11-6-13(21)12(20)4-9(11)10-5-17-23-14-3-8(25(27)28)1-2-15(14)24(17)7-16(10)29-18(22)26/h1-4,6,10,16H,5,7H2,(H2,22,26)/t10-,16+/m1/s1. The number of rotatable bonds is 3. The van der Waals surface area contributed by atoms with Gasteiger partial charge in [-0.15, -0.1) is 0 Å². The number of carbonyl (C=O) groups is 1. The van der Waals surface area contributed by atoms with Crippen molar-refractivity contribution in [2.24, 2.45) is 5.73 Å². The van der Waals surface area contributed by atoms with Crippen LogP contribution in [0.3, 0.4) is 0 Å².